The first-order valence-corrected chi connectivity index (χ1v) is 42.8. The first kappa shape index (κ1) is 94.8. The zero-order chi connectivity index (χ0) is 84.9. The Kier molecular flexibility index (Phi) is 37.3. The van der Waals surface area contributed by atoms with Crippen LogP contribution in [0.3, 0.4) is 0 Å². The van der Waals surface area contributed by atoms with E-state index in [0.29, 0.717) is 54.8 Å². The predicted octanol–water partition coefficient (Wildman–Crippen LogP) is 18.8. The van der Waals surface area contributed by atoms with Gasteiger partial charge < -0.3 is 61.3 Å². The van der Waals surface area contributed by atoms with Crippen LogP contribution in [0.4, 0.5) is 47.3 Å². The van der Waals surface area contributed by atoms with Gasteiger partial charge in [-0.1, -0.05) is 113 Å². The van der Waals surface area contributed by atoms with Gasteiger partial charge in [0.25, 0.3) is 0 Å². The summed E-state index contributed by atoms with van der Waals surface area (Å²) in [5, 5.41) is 17.4. The molecular formula is C95H139F3N12O6. The molecule has 6 heterocycles. The molecule has 12 rings (SSSR count). The molecule has 6 aliphatic heterocycles. The van der Waals surface area contributed by atoms with Crippen LogP contribution in [0, 0.1) is 57.9 Å². The summed E-state index contributed by atoms with van der Waals surface area (Å²) in [5.74, 6) is -1.15. The molecule has 116 heavy (non-hydrogen) atoms. The highest BCUT2D eigenvalue weighted by molar-refractivity contribution is 5.98. The maximum Gasteiger partial charge on any atom is 0.230 e. The largest absolute Gasteiger partial charge is 0.326 e. The number of anilines is 6. The first-order valence-electron chi connectivity index (χ1n) is 42.8. The molecule has 6 aromatic carbocycles. The Morgan fingerprint density at radius 3 is 1.01 bits per heavy atom. The summed E-state index contributed by atoms with van der Waals surface area (Å²) < 4.78 is 40.5. The molecule has 6 saturated heterocycles. The molecule has 0 aliphatic carbocycles. The fourth-order valence-electron chi connectivity index (χ4n) is 15.6. The Bertz CT molecular complexity index is 3960. The molecule has 0 aromatic heterocycles. The van der Waals surface area contributed by atoms with Crippen molar-refractivity contribution in [2.75, 3.05) is 110 Å². The summed E-state index contributed by atoms with van der Waals surface area (Å²) in [7, 11) is 0. The number of carbonyl (C=O) groups is 6. The molecule has 6 aromatic rings. The van der Waals surface area contributed by atoms with E-state index in [0.717, 1.165) is 183 Å². The van der Waals surface area contributed by atoms with Crippen LogP contribution in [0.2, 0.25) is 0 Å². The molecule has 1 unspecified atom stereocenters. The molecule has 0 spiro atoms. The lowest BCUT2D eigenvalue weighted by molar-refractivity contribution is -0.129. The van der Waals surface area contributed by atoms with Gasteiger partial charge in [0, 0.05) is 93.4 Å². The molecule has 21 heteroatoms. The highest BCUT2D eigenvalue weighted by Crippen LogP contribution is 2.39. The molecule has 0 bridgehead atoms. The minimum Gasteiger partial charge on any atom is -0.326 e. The van der Waals surface area contributed by atoms with Crippen molar-refractivity contribution in [2.24, 2.45) is 33.5 Å². The summed E-state index contributed by atoms with van der Waals surface area (Å²) >= 11 is 0. The second-order valence-corrected chi connectivity index (χ2v) is 35.1. The van der Waals surface area contributed by atoms with E-state index >= 15 is 0 Å². The molecule has 18 nitrogen and oxygen atoms in total. The van der Waals surface area contributed by atoms with Crippen molar-refractivity contribution in [1.29, 1.82) is 0 Å². The summed E-state index contributed by atoms with van der Waals surface area (Å²) in [6.45, 7) is 47.8. The van der Waals surface area contributed by atoms with E-state index in [4.69, 9.17) is 0 Å². The zero-order valence-electron chi connectivity index (χ0n) is 72.9. The average molecular weight is 1600 g/mol. The molecule has 6 aliphatic rings. The van der Waals surface area contributed by atoms with Gasteiger partial charge in [-0.2, -0.15) is 0 Å². The van der Waals surface area contributed by atoms with E-state index in [-0.39, 0.29) is 75.0 Å². The van der Waals surface area contributed by atoms with E-state index in [9.17, 15) is 41.9 Å². The van der Waals surface area contributed by atoms with E-state index in [1.54, 1.807) is 6.07 Å². The Morgan fingerprint density at radius 1 is 0.353 bits per heavy atom. The lowest BCUT2D eigenvalue weighted by atomic mass is 9.75. The third kappa shape index (κ3) is 28.8. The Morgan fingerprint density at radius 2 is 0.655 bits per heavy atom. The minimum absolute atomic E-state index is 0.000365. The van der Waals surface area contributed by atoms with Crippen molar-refractivity contribution >= 4 is 69.6 Å². The van der Waals surface area contributed by atoms with E-state index in [1.807, 2.05) is 142 Å². The van der Waals surface area contributed by atoms with Crippen molar-refractivity contribution in [3.63, 3.8) is 0 Å². The monoisotopic (exact) mass is 1600 g/mol. The maximum absolute atomic E-state index is 13.6. The fraction of sp³-hybridized carbons (Fsp3) is 0.558. The van der Waals surface area contributed by atoms with Gasteiger partial charge in [-0.3, -0.25) is 28.8 Å². The number of amides is 6. The Balaban J connectivity index is 0.000000193. The van der Waals surface area contributed by atoms with Gasteiger partial charge in [-0.05, 0) is 317 Å². The van der Waals surface area contributed by atoms with Crippen molar-refractivity contribution < 1.29 is 41.9 Å². The van der Waals surface area contributed by atoms with Crippen LogP contribution < -0.4 is 31.9 Å². The molecule has 636 valence electrons. The van der Waals surface area contributed by atoms with Crippen LogP contribution in [0.25, 0.3) is 0 Å². The van der Waals surface area contributed by atoms with E-state index in [1.165, 1.54) is 18.2 Å². The number of hydrogen-bond donors (Lipinski definition) is 6. The van der Waals surface area contributed by atoms with Gasteiger partial charge in [-0.15, -0.1) is 0 Å². The normalized spacial score (nSPS) is 19.1. The highest BCUT2D eigenvalue weighted by Gasteiger charge is 2.43. The van der Waals surface area contributed by atoms with Crippen LogP contribution in [0.15, 0.2) is 158 Å². The lowest BCUT2D eigenvalue weighted by Crippen LogP contribution is -2.48. The number of carbonyl (C=O) groups excluding carboxylic acids is 6. The third-order valence-electron chi connectivity index (χ3n) is 24.9. The fourth-order valence-corrected chi connectivity index (χ4v) is 15.6. The molecule has 0 radical (unpaired) electrons. The summed E-state index contributed by atoms with van der Waals surface area (Å²) in [6.07, 6.45) is 10.7. The van der Waals surface area contributed by atoms with Crippen molar-refractivity contribution in [3.8, 4) is 0 Å². The SMILES string of the molecule is CC(C)N1CCC(C(=O)Nc2ccccc2)C1.CC(C)N1CCC(C(=O)Nc2ccccc2)CC1.CC(C)N1CCC(C)(C(=O)Nc2c(F)cccc2F)CC1.CC(C)N1CCC(C)(C(=O)Nc2ccccc2)CC1.CCC1(C(=O)Nc2ccccc2)CCN(C(C)C)CC1.Cc1ccc(F)cc1NC(=O)C1(C)CCN(C(C)C)CC1. The number of nitrogens with zero attached hydrogens (tertiary/aromatic N) is 6. The maximum atomic E-state index is 13.6. The van der Waals surface area contributed by atoms with Gasteiger partial charge >= 0.3 is 0 Å². The van der Waals surface area contributed by atoms with E-state index < -0.39 is 17.0 Å². The van der Waals surface area contributed by atoms with Crippen LogP contribution >= 0.6 is 0 Å². The summed E-state index contributed by atoms with van der Waals surface area (Å²) in [6, 6.07) is 50.1. The number of halogens is 3. The number of hydrogen-bond acceptors (Lipinski definition) is 12. The Hall–Kier alpha value is -8.31. The van der Waals surface area contributed by atoms with Gasteiger partial charge in [0.2, 0.25) is 35.4 Å². The molecule has 6 amide bonds. The number of para-hydroxylation sites is 5. The number of benzene rings is 6. The summed E-state index contributed by atoms with van der Waals surface area (Å²) in [5.41, 5.74) is 3.30. The second kappa shape index (κ2) is 45.6. The third-order valence-corrected chi connectivity index (χ3v) is 24.9. The summed E-state index contributed by atoms with van der Waals surface area (Å²) in [4.78, 5) is 88.6. The zero-order valence-corrected chi connectivity index (χ0v) is 72.9. The highest BCUT2D eigenvalue weighted by atomic mass is 19.1. The smallest absolute Gasteiger partial charge is 0.230 e. The molecule has 1 atom stereocenters. The van der Waals surface area contributed by atoms with Gasteiger partial charge in [0.05, 0.1) is 11.3 Å². The average Bonchev–Trinajstić information content (AvgIpc) is 1.07. The second-order valence-electron chi connectivity index (χ2n) is 35.1. The number of aryl methyl sites for hydroxylation is 1. The van der Waals surface area contributed by atoms with Crippen molar-refractivity contribution in [1.82, 2.24) is 29.4 Å². The quantitative estimate of drug-likeness (QED) is 0.0450. The molecule has 6 N–H and O–H groups in total. The first-order chi connectivity index (χ1) is 55.1. The van der Waals surface area contributed by atoms with Crippen molar-refractivity contribution in [2.45, 2.75) is 231 Å². The van der Waals surface area contributed by atoms with Gasteiger partial charge in [0.1, 0.15) is 23.1 Å². The van der Waals surface area contributed by atoms with Gasteiger partial charge in [-0.25, -0.2) is 13.2 Å². The number of nitrogens with one attached hydrogen (secondary N) is 6. The minimum atomic E-state index is -0.744. The van der Waals surface area contributed by atoms with Crippen LogP contribution in [0.5, 0.6) is 0 Å². The standard InChI is InChI=1S/C17H25FN2O.C17H26N2O.C16H22F2N2O.C16H24N2O.C15H22N2O.C14H20N2O/c1-12(2)20-9-7-17(4,8-10-20)16(21)19-15-11-14(18)6-5-13(15)3;1-4-17(10-12-19(13-11-17)14(2)3)16(20)18-15-8-6-5-7-9-15;1-11(2)20-9-7-16(3,8-10-20)15(21)19-14-12(17)5-4-6-13(14)18;1-13(2)18-11-9-16(3,10-12-18)15(19)17-14-7-5-4-6-8-14;1-12(2)17-10-8-13(9-11-17)15(18)16-14-6-4-3-5-7-14;1-11(2)16-9-8-12(10-16)14(17)15-13-6-4-3-5-7-13/h5-6,11-12H,7-10H2,1-4H3,(H,19,21);5-9,14H,4,10-13H2,1-3H3,(H,18,20);4-6,11H,7-10H2,1-3H3,(H,19,21);4-8,13H,9-12H2,1-3H3,(H,17,19);3-7,12-13H,8-11H2,1-2H3,(H,16,18);3-7,11-12H,8-10H2,1-2H3,(H,15,17). The van der Waals surface area contributed by atoms with Crippen LogP contribution in [0.1, 0.15) is 193 Å². The number of piperidine rings is 5. The van der Waals surface area contributed by atoms with Crippen molar-refractivity contribution in [3.05, 3.63) is 181 Å². The lowest BCUT2D eigenvalue weighted by Gasteiger charge is -2.41. The topological polar surface area (TPSA) is 194 Å². The van der Waals surface area contributed by atoms with Crippen LogP contribution in [-0.4, -0.2) is 180 Å². The molecular weight excluding hydrogens is 1460 g/mol. The number of likely N-dealkylation sites (tertiary alicyclic amines) is 6. The van der Waals surface area contributed by atoms with E-state index in [2.05, 4.69) is 158 Å². The Labute approximate surface area is 693 Å². The van der Waals surface area contributed by atoms with Gasteiger partial charge in [0.15, 0.2) is 0 Å². The molecule has 6 fully saturated rings. The predicted molar refractivity (Wildman–Crippen MR) is 470 cm³/mol. The number of rotatable bonds is 19. The molecule has 0 saturated carbocycles. The van der Waals surface area contributed by atoms with Crippen LogP contribution in [-0.2, 0) is 28.8 Å².